The molecule has 0 aromatic carbocycles. The molecule has 2 aromatic heterocycles. The summed E-state index contributed by atoms with van der Waals surface area (Å²) in [6.07, 6.45) is 0.984. The summed E-state index contributed by atoms with van der Waals surface area (Å²) in [4.78, 5) is 39.6. The lowest BCUT2D eigenvalue weighted by Gasteiger charge is -2.19. The third kappa shape index (κ3) is 3.24. The summed E-state index contributed by atoms with van der Waals surface area (Å²) in [6, 6.07) is 1.54. The molecule has 1 amide bonds. The topological polar surface area (TPSA) is 99.4 Å². The Hall–Kier alpha value is -2.97. The fraction of sp³-hybridized carbons (Fsp3) is 0.471. The molecular weight excluding hydrogens is 338 g/mol. The lowest BCUT2D eigenvalue weighted by Crippen LogP contribution is -2.34. The number of carbonyl (C=O) groups excluding carboxylic acids is 1. The molecule has 0 atom stereocenters. The first-order valence-electron chi connectivity index (χ1n) is 8.26. The number of carbonyl (C=O) groups is 1. The van der Waals surface area contributed by atoms with Crippen molar-refractivity contribution in [1.29, 1.82) is 0 Å². The fourth-order valence-corrected chi connectivity index (χ4v) is 2.94. The van der Waals surface area contributed by atoms with E-state index in [1.165, 1.54) is 24.9 Å². The van der Waals surface area contributed by atoms with Gasteiger partial charge in [-0.15, -0.1) is 0 Å². The highest BCUT2D eigenvalue weighted by molar-refractivity contribution is 5.92. The fourth-order valence-electron chi connectivity index (χ4n) is 2.94. The highest BCUT2D eigenvalue weighted by Gasteiger charge is 2.25. The second-order valence-electron chi connectivity index (χ2n) is 6.02. The van der Waals surface area contributed by atoms with Crippen molar-refractivity contribution < 1.29 is 14.3 Å². The van der Waals surface area contributed by atoms with Crippen molar-refractivity contribution in [3.05, 3.63) is 39.2 Å². The molecule has 1 aliphatic rings. The van der Waals surface area contributed by atoms with Crippen LogP contribution < -0.4 is 15.0 Å². The Bertz CT molecular complexity index is 887. The first-order chi connectivity index (χ1) is 12.4. The predicted molar refractivity (Wildman–Crippen MR) is 92.7 cm³/mol. The standard InChI is InChI=1S/C17H21N5O4/c1-10-18-12-6-8-22(7-5-11(12)15(23)21(10)2)16(24)13-9-14(25-3)20-17(19-13)26-4/h9H,5-8H2,1-4H3. The molecule has 0 saturated heterocycles. The summed E-state index contributed by atoms with van der Waals surface area (Å²) < 4.78 is 11.7. The van der Waals surface area contributed by atoms with Gasteiger partial charge in [0.05, 0.1) is 19.9 Å². The molecule has 1 aliphatic heterocycles. The zero-order valence-electron chi connectivity index (χ0n) is 15.3. The van der Waals surface area contributed by atoms with Gasteiger partial charge in [0.1, 0.15) is 11.5 Å². The number of nitrogens with zero attached hydrogens (tertiary/aromatic N) is 5. The molecule has 0 fully saturated rings. The van der Waals surface area contributed by atoms with Gasteiger partial charge in [0.25, 0.3) is 11.5 Å². The lowest BCUT2D eigenvalue weighted by atomic mass is 10.1. The molecule has 0 saturated carbocycles. The quantitative estimate of drug-likeness (QED) is 0.768. The first kappa shape index (κ1) is 17.8. The molecule has 9 heteroatoms. The second-order valence-corrected chi connectivity index (χ2v) is 6.02. The molecule has 3 rings (SSSR count). The zero-order valence-corrected chi connectivity index (χ0v) is 15.3. The number of methoxy groups -OCH3 is 2. The van der Waals surface area contributed by atoms with E-state index in [2.05, 4.69) is 15.0 Å². The van der Waals surface area contributed by atoms with E-state index in [1.54, 1.807) is 18.9 Å². The number of rotatable bonds is 3. The molecular formula is C17H21N5O4. The van der Waals surface area contributed by atoms with Gasteiger partial charge in [-0.3, -0.25) is 14.2 Å². The maximum atomic E-state index is 12.9. The van der Waals surface area contributed by atoms with E-state index in [4.69, 9.17) is 9.47 Å². The first-order valence-corrected chi connectivity index (χ1v) is 8.26. The van der Waals surface area contributed by atoms with Gasteiger partial charge < -0.3 is 14.4 Å². The van der Waals surface area contributed by atoms with Crippen LogP contribution in [0.1, 0.15) is 27.6 Å². The molecule has 0 bridgehead atoms. The van der Waals surface area contributed by atoms with Crippen molar-refractivity contribution in [1.82, 2.24) is 24.4 Å². The molecule has 26 heavy (non-hydrogen) atoms. The zero-order chi connectivity index (χ0) is 18.8. The minimum Gasteiger partial charge on any atom is -0.481 e. The molecule has 0 spiro atoms. The van der Waals surface area contributed by atoms with Crippen molar-refractivity contribution in [2.45, 2.75) is 19.8 Å². The number of aryl methyl sites for hydroxylation is 1. The van der Waals surface area contributed by atoms with Crippen LogP contribution in [0.3, 0.4) is 0 Å². The van der Waals surface area contributed by atoms with Gasteiger partial charge >= 0.3 is 6.01 Å². The number of fused-ring (bicyclic) bond motifs is 1. The summed E-state index contributed by atoms with van der Waals surface area (Å²) >= 11 is 0. The minimum absolute atomic E-state index is 0.0489. The van der Waals surface area contributed by atoms with Crippen LogP contribution in [0.5, 0.6) is 11.9 Å². The van der Waals surface area contributed by atoms with E-state index in [9.17, 15) is 9.59 Å². The van der Waals surface area contributed by atoms with Gasteiger partial charge in [0.2, 0.25) is 5.88 Å². The highest BCUT2D eigenvalue weighted by Crippen LogP contribution is 2.17. The summed E-state index contributed by atoms with van der Waals surface area (Å²) in [7, 11) is 4.59. The third-order valence-electron chi connectivity index (χ3n) is 4.52. The molecule has 2 aromatic rings. The van der Waals surface area contributed by atoms with Gasteiger partial charge in [0, 0.05) is 38.2 Å². The Morgan fingerprint density at radius 3 is 2.54 bits per heavy atom. The Morgan fingerprint density at radius 2 is 1.85 bits per heavy atom. The summed E-state index contributed by atoms with van der Waals surface area (Å²) in [5, 5.41) is 0. The molecule has 0 N–H and O–H groups in total. The lowest BCUT2D eigenvalue weighted by molar-refractivity contribution is 0.0755. The maximum absolute atomic E-state index is 12.9. The average molecular weight is 359 g/mol. The van der Waals surface area contributed by atoms with E-state index in [0.29, 0.717) is 37.3 Å². The third-order valence-corrected chi connectivity index (χ3v) is 4.52. The van der Waals surface area contributed by atoms with Crippen molar-refractivity contribution >= 4 is 5.91 Å². The number of hydrogen-bond donors (Lipinski definition) is 0. The van der Waals surface area contributed by atoms with Crippen LogP contribution >= 0.6 is 0 Å². The van der Waals surface area contributed by atoms with E-state index in [-0.39, 0.29) is 29.1 Å². The molecule has 9 nitrogen and oxygen atoms in total. The SMILES string of the molecule is COc1cc(C(=O)N2CCc3nc(C)n(C)c(=O)c3CC2)nc(OC)n1. The van der Waals surface area contributed by atoms with Gasteiger partial charge in [-0.2, -0.15) is 9.97 Å². The normalized spacial score (nSPS) is 13.8. The largest absolute Gasteiger partial charge is 0.481 e. The van der Waals surface area contributed by atoms with Crippen LogP contribution in [-0.4, -0.2) is 57.6 Å². The Kier molecular flexibility index (Phi) is 4.88. The van der Waals surface area contributed by atoms with E-state index >= 15 is 0 Å². The van der Waals surface area contributed by atoms with Crippen LogP contribution in [-0.2, 0) is 19.9 Å². The van der Waals surface area contributed by atoms with Crippen molar-refractivity contribution in [2.24, 2.45) is 7.05 Å². The Labute approximate surface area is 150 Å². The van der Waals surface area contributed by atoms with E-state index in [1.807, 2.05) is 0 Å². The summed E-state index contributed by atoms with van der Waals surface area (Å²) in [6.45, 7) is 2.68. The van der Waals surface area contributed by atoms with Crippen molar-refractivity contribution in [3.63, 3.8) is 0 Å². The van der Waals surface area contributed by atoms with Crippen molar-refractivity contribution in [3.8, 4) is 11.9 Å². The molecule has 0 radical (unpaired) electrons. The molecule has 138 valence electrons. The van der Waals surface area contributed by atoms with Crippen molar-refractivity contribution in [2.75, 3.05) is 27.3 Å². The molecule has 0 aliphatic carbocycles. The van der Waals surface area contributed by atoms with Crippen LogP contribution in [0.15, 0.2) is 10.9 Å². The van der Waals surface area contributed by atoms with Crippen LogP contribution in [0, 0.1) is 6.92 Å². The predicted octanol–water partition coefficient (Wildman–Crippen LogP) is 0.137. The number of aromatic nitrogens is 4. The Morgan fingerprint density at radius 1 is 1.12 bits per heavy atom. The van der Waals surface area contributed by atoms with Gasteiger partial charge in [0.15, 0.2) is 0 Å². The highest BCUT2D eigenvalue weighted by atomic mass is 16.5. The minimum atomic E-state index is -0.259. The number of amides is 1. The van der Waals surface area contributed by atoms with E-state index in [0.717, 1.165) is 5.69 Å². The van der Waals surface area contributed by atoms with Crippen LogP contribution in [0.2, 0.25) is 0 Å². The van der Waals surface area contributed by atoms with Gasteiger partial charge in [-0.25, -0.2) is 4.98 Å². The second kappa shape index (κ2) is 7.11. The van der Waals surface area contributed by atoms with Crippen LogP contribution in [0.4, 0.5) is 0 Å². The number of ether oxygens (including phenoxy) is 2. The van der Waals surface area contributed by atoms with Crippen LogP contribution in [0.25, 0.3) is 0 Å². The van der Waals surface area contributed by atoms with Gasteiger partial charge in [-0.1, -0.05) is 0 Å². The Balaban J connectivity index is 1.87. The monoisotopic (exact) mass is 359 g/mol. The maximum Gasteiger partial charge on any atom is 0.320 e. The summed E-state index contributed by atoms with van der Waals surface area (Å²) in [5.41, 5.74) is 1.58. The molecule has 0 unspecified atom stereocenters. The number of hydrogen-bond acceptors (Lipinski definition) is 7. The average Bonchev–Trinajstić information content (AvgIpc) is 2.87. The van der Waals surface area contributed by atoms with E-state index < -0.39 is 0 Å². The molecule has 3 heterocycles. The van der Waals surface area contributed by atoms with Gasteiger partial charge in [-0.05, 0) is 13.3 Å². The summed E-state index contributed by atoms with van der Waals surface area (Å²) in [5.74, 6) is 0.661. The smallest absolute Gasteiger partial charge is 0.320 e.